The third kappa shape index (κ3) is 5.05. The summed E-state index contributed by atoms with van der Waals surface area (Å²) in [6, 6.07) is 9.58. The van der Waals surface area contributed by atoms with Gasteiger partial charge >= 0.3 is 6.18 Å². The maximum Gasteiger partial charge on any atom is 0.416 e. The minimum atomic E-state index is -4.45. The number of ether oxygens (including phenoxy) is 1. The third-order valence-electron chi connectivity index (χ3n) is 3.84. The predicted molar refractivity (Wildman–Crippen MR) is 97.8 cm³/mol. The second-order valence-electron chi connectivity index (χ2n) is 5.53. The molecule has 0 aliphatic carbocycles. The van der Waals surface area contributed by atoms with Crippen LogP contribution >= 0.6 is 12.4 Å². The van der Waals surface area contributed by atoms with Crippen molar-refractivity contribution in [3.05, 3.63) is 53.6 Å². The highest BCUT2D eigenvalue weighted by Crippen LogP contribution is 2.32. The molecule has 1 unspecified atom stereocenters. The second kappa shape index (κ2) is 8.80. The van der Waals surface area contributed by atoms with Crippen molar-refractivity contribution in [1.29, 1.82) is 0 Å². The lowest BCUT2D eigenvalue weighted by Crippen LogP contribution is -2.21. The molecule has 0 fully saturated rings. The van der Waals surface area contributed by atoms with Crippen LogP contribution in [0.4, 0.5) is 24.5 Å². The van der Waals surface area contributed by atoms with Crippen LogP contribution in [0.1, 0.15) is 30.4 Å². The summed E-state index contributed by atoms with van der Waals surface area (Å²) in [6.07, 6.45) is -4.09. The standard InChI is InChI=1S/C18H19F3N2O2.ClH/c1-3-14(11-5-4-6-12(9-11)18(19,20)21)17(24)23-13-7-8-16(25-2)15(22)10-13;/h4-10,14H,3,22H2,1-2H3,(H,23,24);1H. The number of carbonyl (C=O) groups excluding carboxylic acids is 1. The summed E-state index contributed by atoms with van der Waals surface area (Å²) in [4.78, 5) is 12.5. The predicted octanol–water partition coefficient (Wildman–Crippen LogP) is 4.85. The largest absolute Gasteiger partial charge is 0.495 e. The molecule has 2 aromatic rings. The van der Waals surface area contributed by atoms with Gasteiger partial charge in [0.05, 0.1) is 24.3 Å². The number of amides is 1. The molecule has 3 N–H and O–H groups in total. The smallest absolute Gasteiger partial charge is 0.416 e. The number of rotatable bonds is 5. The summed E-state index contributed by atoms with van der Waals surface area (Å²) in [5, 5.41) is 2.69. The number of nitrogen functional groups attached to an aromatic ring is 1. The van der Waals surface area contributed by atoms with Crippen molar-refractivity contribution in [2.75, 3.05) is 18.2 Å². The lowest BCUT2D eigenvalue weighted by atomic mass is 9.94. The van der Waals surface area contributed by atoms with Crippen LogP contribution in [0.3, 0.4) is 0 Å². The van der Waals surface area contributed by atoms with Crippen LogP contribution in [0.25, 0.3) is 0 Å². The average Bonchev–Trinajstić information content (AvgIpc) is 2.55. The Morgan fingerprint density at radius 2 is 1.92 bits per heavy atom. The fraction of sp³-hybridized carbons (Fsp3) is 0.278. The number of alkyl halides is 3. The zero-order chi connectivity index (χ0) is 18.6. The molecule has 0 aromatic heterocycles. The number of hydrogen-bond donors (Lipinski definition) is 2. The molecule has 1 amide bonds. The van der Waals surface area contributed by atoms with E-state index < -0.39 is 23.6 Å². The van der Waals surface area contributed by atoms with E-state index in [-0.39, 0.29) is 12.4 Å². The molecule has 2 aromatic carbocycles. The molecular formula is C18H20ClF3N2O2. The van der Waals surface area contributed by atoms with E-state index in [0.717, 1.165) is 12.1 Å². The summed E-state index contributed by atoms with van der Waals surface area (Å²) < 4.78 is 43.7. The van der Waals surface area contributed by atoms with E-state index in [4.69, 9.17) is 10.5 Å². The Morgan fingerprint density at radius 1 is 1.23 bits per heavy atom. The average molecular weight is 389 g/mol. The van der Waals surface area contributed by atoms with Crippen molar-refractivity contribution in [2.24, 2.45) is 0 Å². The van der Waals surface area contributed by atoms with Crippen molar-refractivity contribution in [3.8, 4) is 5.75 Å². The third-order valence-corrected chi connectivity index (χ3v) is 3.84. The number of nitrogens with two attached hydrogens (primary N) is 1. The summed E-state index contributed by atoms with van der Waals surface area (Å²) in [7, 11) is 1.48. The molecule has 4 nitrogen and oxygen atoms in total. The van der Waals surface area contributed by atoms with Gasteiger partial charge in [-0.25, -0.2) is 0 Å². The van der Waals surface area contributed by atoms with Crippen molar-refractivity contribution >= 4 is 29.7 Å². The van der Waals surface area contributed by atoms with Crippen molar-refractivity contribution in [3.63, 3.8) is 0 Å². The van der Waals surface area contributed by atoms with E-state index in [1.807, 2.05) is 0 Å². The molecule has 0 saturated heterocycles. The minimum Gasteiger partial charge on any atom is -0.495 e. The van der Waals surface area contributed by atoms with E-state index >= 15 is 0 Å². The second-order valence-corrected chi connectivity index (χ2v) is 5.53. The van der Waals surface area contributed by atoms with Crippen LogP contribution in [0, 0.1) is 0 Å². The first-order valence-electron chi connectivity index (χ1n) is 7.67. The van der Waals surface area contributed by atoms with Crippen LogP contribution in [0.5, 0.6) is 5.75 Å². The van der Waals surface area contributed by atoms with Crippen LogP contribution in [0.2, 0.25) is 0 Å². The highest BCUT2D eigenvalue weighted by molar-refractivity contribution is 5.96. The fourth-order valence-electron chi connectivity index (χ4n) is 2.55. The first kappa shape index (κ1) is 21.6. The monoisotopic (exact) mass is 388 g/mol. The Balaban J connectivity index is 0.00000338. The number of nitrogens with one attached hydrogen (secondary N) is 1. The van der Waals surface area contributed by atoms with Crippen LogP contribution in [-0.2, 0) is 11.0 Å². The summed E-state index contributed by atoms with van der Waals surface area (Å²) in [5.74, 6) is -0.625. The lowest BCUT2D eigenvalue weighted by Gasteiger charge is -2.17. The Labute approximate surface area is 155 Å². The first-order chi connectivity index (χ1) is 11.8. The van der Waals surface area contributed by atoms with E-state index in [1.54, 1.807) is 19.1 Å². The van der Waals surface area contributed by atoms with Crippen LogP contribution in [-0.4, -0.2) is 13.0 Å². The van der Waals surface area contributed by atoms with E-state index in [1.165, 1.54) is 25.3 Å². The van der Waals surface area contributed by atoms with Gasteiger partial charge in [0, 0.05) is 5.69 Å². The molecule has 0 bridgehead atoms. The normalized spacial score (nSPS) is 12.0. The van der Waals surface area contributed by atoms with Crippen LogP contribution in [0.15, 0.2) is 42.5 Å². The minimum absolute atomic E-state index is 0. The van der Waals surface area contributed by atoms with E-state index in [0.29, 0.717) is 29.1 Å². The van der Waals surface area contributed by atoms with Gasteiger partial charge in [-0.1, -0.05) is 25.1 Å². The number of halogens is 4. The van der Waals surface area contributed by atoms with Gasteiger partial charge in [0.15, 0.2) is 0 Å². The maximum atomic E-state index is 12.9. The van der Waals surface area contributed by atoms with Gasteiger partial charge in [0.2, 0.25) is 5.91 Å². The molecule has 1 atom stereocenters. The Morgan fingerprint density at radius 3 is 2.46 bits per heavy atom. The summed E-state index contributed by atoms with van der Waals surface area (Å²) in [6.45, 7) is 1.74. The number of carbonyl (C=O) groups is 1. The van der Waals surface area contributed by atoms with E-state index in [9.17, 15) is 18.0 Å². The molecule has 0 saturated carbocycles. The number of methoxy groups -OCH3 is 1. The zero-order valence-electron chi connectivity index (χ0n) is 14.3. The molecule has 8 heteroatoms. The summed E-state index contributed by atoms with van der Waals surface area (Å²) >= 11 is 0. The van der Waals surface area contributed by atoms with E-state index in [2.05, 4.69) is 5.32 Å². The Hall–Kier alpha value is -2.41. The van der Waals surface area contributed by atoms with Crippen molar-refractivity contribution in [2.45, 2.75) is 25.4 Å². The molecule has 0 heterocycles. The zero-order valence-corrected chi connectivity index (χ0v) is 15.1. The SMILES string of the molecule is CCC(C(=O)Nc1ccc(OC)c(N)c1)c1cccc(C(F)(F)F)c1.Cl. The molecular weight excluding hydrogens is 369 g/mol. The van der Waals surface area contributed by atoms with Gasteiger partial charge in [-0.15, -0.1) is 12.4 Å². The first-order valence-corrected chi connectivity index (χ1v) is 7.67. The number of hydrogen-bond acceptors (Lipinski definition) is 3. The van der Waals surface area contributed by atoms with Gasteiger partial charge < -0.3 is 15.8 Å². The molecule has 142 valence electrons. The van der Waals surface area contributed by atoms with Gasteiger partial charge in [0.25, 0.3) is 0 Å². The fourth-order valence-corrected chi connectivity index (χ4v) is 2.55. The van der Waals surface area contributed by atoms with Gasteiger partial charge in [0.1, 0.15) is 5.75 Å². The Kier molecular flexibility index (Phi) is 7.32. The van der Waals surface area contributed by atoms with Gasteiger partial charge in [-0.2, -0.15) is 13.2 Å². The highest BCUT2D eigenvalue weighted by Gasteiger charge is 2.31. The van der Waals surface area contributed by atoms with Gasteiger partial charge in [-0.3, -0.25) is 4.79 Å². The van der Waals surface area contributed by atoms with Crippen LogP contribution < -0.4 is 15.8 Å². The molecule has 0 aliphatic rings. The molecule has 0 aliphatic heterocycles. The summed E-state index contributed by atoms with van der Waals surface area (Å²) in [5.41, 5.74) is 6.14. The molecule has 0 radical (unpaired) electrons. The number of benzene rings is 2. The van der Waals surface area contributed by atoms with Crippen molar-refractivity contribution < 1.29 is 22.7 Å². The topological polar surface area (TPSA) is 64.3 Å². The Bertz CT molecular complexity index is 766. The maximum absolute atomic E-state index is 12.9. The lowest BCUT2D eigenvalue weighted by molar-refractivity contribution is -0.137. The molecule has 0 spiro atoms. The quantitative estimate of drug-likeness (QED) is 0.719. The highest BCUT2D eigenvalue weighted by atomic mass is 35.5. The molecule has 2 rings (SSSR count). The molecule has 26 heavy (non-hydrogen) atoms. The number of anilines is 2. The van der Waals surface area contributed by atoms with Gasteiger partial charge in [-0.05, 0) is 36.2 Å². The van der Waals surface area contributed by atoms with Crippen molar-refractivity contribution in [1.82, 2.24) is 0 Å².